The van der Waals surface area contributed by atoms with Crippen LogP contribution >= 0.6 is 0 Å². The molecule has 3 heterocycles. The minimum atomic E-state index is 0.387. The zero-order valence-corrected chi connectivity index (χ0v) is 16.6. The van der Waals surface area contributed by atoms with E-state index < -0.39 is 0 Å². The van der Waals surface area contributed by atoms with Crippen LogP contribution in [0.15, 0.2) is 42.6 Å². The van der Waals surface area contributed by atoms with Gasteiger partial charge in [0.25, 0.3) is 0 Å². The lowest BCUT2D eigenvalue weighted by atomic mass is 9.63. The largest absolute Gasteiger partial charge is 0.490 e. The zero-order chi connectivity index (χ0) is 18.7. The number of aromatic nitrogens is 1. The number of nitrogens with one attached hydrogen (secondary N) is 1. The molecule has 1 saturated heterocycles. The van der Waals surface area contributed by atoms with Crippen LogP contribution in [0.25, 0.3) is 0 Å². The summed E-state index contributed by atoms with van der Waals surface area (Å²) < 4.78 is 6.38. The molecule has 0 atom stereocenters. The highest BCUT2D eigenvalue weighted by atomic mass is 16.5. The molecule has 1 N–H and O–H groups in total. The average molecular weight is 366 g/mol. The maximum atomic E-state index is 6.38. The van der Waals surface area contributed by atoms with Gasteiger partial charge in [-0.15, -0.1) is 0 Å². The summed E-state index contributed by atoms with van der Waals surface area (Å²) in [6.45, 7) is 9.34. The van der Waals surface area contributed by atoms with Crippen LogP contribution in [0, 0.1) is 5.41 Å². The summed E-state index contributed by atoms with van der Waals surface area (Å²) in [4.78, 5) is 7.12. The molecule has 2 fully saturated rings. The molecule has 0 amide bonds. The zero-order valence-electron chi connectivity index (χ0n) is 16.6. The first-order valence-corrected chi connectivity index (χ1v) is 10.4. The fourth-order valence-electron chi connectivity index (χ4n) is 4.49. The van der Waals surface area contributed by atoms with Crippen molar-refractivity contribution in [2.24, 2.45) is 5.41 Å². The molecule has 5 rings (SSSR count). The Labute approximate surface area is 162 Å². The lowest BCUT2D eigenvalue weighted by Gasteiger charge is -2.53. The lowest BCUT2D eigenvalue weighted by Crippen LogP contribution is -2.62. The number of nitrogens with zero attached hydrogens (tertiary/aromatic N) is 2. The van der Waals surface area contributed by atoms with E-state index in [-0.39, 0.29) is 0 Å². The molecule has 1 aromatic carbocycles. The minimum absolute atomic E-state index is 0.387. The second-order valence-corrected chi connectivity index (χ2v) is 7.93. The minimum Gasteiger partial charge on any atom is -0.490 e. The fraction of sp³-hybridized carbons (Fsp3) is 0.522. The van der Waals surface area contributed by atoms with Gasteiger partial charge in [-0.3, -0.25) is 9.88 Å². The predicted octanol–water partition coefficient (Wildman–Crippen LogP) is 3.80. The number of rotatable bonds is 4. The van der Waals surface area contributed by atoms with Crippen LogP contribution in [0.2, 0.25) is 0 Å². The van der Waals surface area contributed by atoms with E-state index in [9.17, 15) is 0 Å². The van der Waals surface area contributed by atoms with Crippen molar-refractivity contribution in [3.8, 4) is 5.75 Å². The van der Waals surface area contributed by atoms with E-state index in [1.54, 1.807) is 0 Å². The molecule has 0 unspecified atom stereocenters. The van der Waals surface area contributed by atoms with Crippen LogP contribution in [-0.2, 0) is 19.5 Å². The molecule has 1 aromatic heterocycles. The van der Waals surface area contributed by atoms with Crippen molar-refractivity contribution >= 4 is 0 Å². The van der Waals surface area contributed by atoms with Crippen molar-refractivity contribution < 1.29 is 4.74 Å². The highest BCUT2D eigenvalue weighted by molar-refractivity contribution is 5.38. The molecule has 4 heteroatoms. The summed E-state index contributed by atoms with van der Waals surface area (Å²) in [7, 11) is 0. The van der Waals surface area contributed by atoms with Crippen LogP contribution in [-0.4, -0.2) is 35.6 Å². The van der Waals surface area contributed by atoms with Crippen molar-refractivity contribution in [2.45, 2.75) is 52.3 Å². The van der Waals surface area contributed by atoms with Gasteiger partial charge in [0.1, 0.15) is 5.75 Å². The number of fused-ring (bicyclic) bond motifs is 1. The second kappa shape index (κ2) is 7.99. The molecule has 144 valence electrons. The molecular weight excluding hydrogens is 334 g/mol. The number of ether oxygens (including phenoxy) is 1. The second-order valence-electron chi connectivity index (χ2n) is 7.93. The van der Waals surface area contributed by atoms with E-state index in [0.717, 1.165) is 31.8 Å². The first-order valence-electron chi connectivity index (χ1n) is 10.4. The monoisotopic (exact) mass is 365 g/mol. The molecule has 27 heavy (non-hydrogen) atoms. The van der Waals surface area contributed by atoms with E-state index in [4.69, 9.17) is 4.74 Å². The molecule has 0 bridgehead atoms. The summed E-state index contributed by atoms with van der Waals surface area (Å²) in [6, 6.07) is 12.8. The van der Waals surface area contributed by atoms with Crippen molar-refractivity contribution in [2.75, 3.05) is 19.6 Å². The molecule has 2 aromatic rings. The van der Waals surface area contributed by atoms with Crippen molar-refractivity contribution in [3.05, 3.63) is 59.4 Å². The third-order valence-corrected chi connectivity index (χ3v) is 6.01. The van der Waals surface area contributed by atoms with Gasteiger partial charge in [-0.2, -0.15) is 0 Å². The number of hydrogen-bond donors (Lipinski definition) is 1. The summed E-state index contributed by atoms with van der Waals surface area (Å²) in [5.74, 6) is 1.06. The summed E-state index contributed by atoms with van der Waals surface area (Å²) in [6.07, 6.45) is 5.71. The summed E-state index contributed by atoms with van der Waals surface area (Å²) in [5.41, 5.74) is 4.45. The van der Waals surface area contributed by atoms with Gasteiger partial charge in [0.2, 0.25) is 0 Å². The third kappa shape index (κ3) is 3.87. The first-order chi connectivity index (χ1) is 13.3. The van der Waals surface area contributed by atoms with Gasteiger partial charge in [0.05, 0.1) is 6.10 Å². The SMILES string of the molecule is CC.c1ccc(CN2CCc3nccc(OC4CC5(CNC5)C4)c3C2)cc1. The Morgan fingerprint density at radius 3 is 2.63 bits per heavy atom. The predicted molar refractivity (Wildman–Crippen MR) is 109 cm³/mol. The van der Waals surface area contributed by atoms with Gasteiger partial charge < -0.3 is 10.1 Å². The fourth-order valence-corrected chi connectivity index (χ4v) is 4.49. The summed E-state index contributed by atoms with van der Waals surface area (Å²) >= 11 is 0. The molecule has 3 aliphatic rings. The molecule has 1 aliphatic carbocycles. The Hall–Kier alpha value is -1.91. The van der Waals surface area contributed by atoms with Crippen LogP contribution in [0.3, 0.4) is 0 Å². The normalized spacial score (nSPS) is 20.7. The molecule has 1 saturated carbocycles. The van der Waals surface area contributed by atoms with E-state index in [1.807, 2.05) is 20.0 Å². The van der Waals surface area contributed by atoms with Gasteiger partial charge in [-0.25, -0.2) is 0 Å². The summed E-state index contributed by atoms with van der Waals surface area (Å²) in [5, 5.41) is 3.39. The van der Waals surface area contributed by atoms with Crippen molar-refractivity contribution in [1.29, 1.82) is 0 Å². The van der Waals surface area contributed by atoms with E-state index in [1.165, 1.54) is 42.8 Å². The Morgan fingerprint density at radius 1 is 1.15 bits per heavy atom. The van der Waals surface area contributed by atoms with Gasteiger partial charge in [-0.1, -0.05) is 44.2 Å². The highest BCUT2D eigenvalue weighted by Crippen LogP contribution is 2.46. The van der Waals surface area contributed by atoms with Crippen LogP contribution in [0.1, 0.15) is 43.5 Å². The Bertz CT molecular complexity index is 749. The van der Waals surface area contributed by atoms with Gasteiger partial charge in [0, 0.05) is 62.0 Å². The third-order valence-electron chi connectivity index (χ3n) is 6.01. The first kappa shape index (κ1) is 18.5. The smallest absolute Gasteiger partial charge is 0.127 e. The standard InChI is InChI=1S/C21H25N3O.C2H6/c1-2-4-16(5-3-1)12-24-9-7-19-18(13-24)20(6-8-23-19)25-17-10-21(11-17)14-22-15-21;1-2/h1-6,8,17,22H,7,9-15H2;1-2H3. The van der Waals surface area contributed by atoms with Crippen molar-refractivity contribution in [3.63, 3.8) is 0 Å². The Balaban J connectivity index is 0.000000872. The molecule has 0 radical (unpaired) electrons. The van der Waals surface area contributed by atoms with Gasteiger partial charge >= 0.3 is 0 Å². The number of benzene rings is 1. The van der Waals surface area contributed by atoms with Crippen LogP contribution in [0.4, 0.5) is 0 Å². The molecular formula is C23H31N3O. The topological polar surface area (TPSA) is 37.4 Å². The van der Waals surface area contributed by atoms with E-state index in [2.05, 4.69) is 51.6 Å². The lowest BCUT2D eigenvalue weighted by molar-refractivity contribution is -0.0502. The molecule has 4 nitrogen and oxygen atoms in total. The van der Waals surface area contributed by atoms with Crippen LogP contribution < -0.4 is 10.1 Å². The Morgan fingerprint density at radius 2 is 1.93 bits per heavy atom. The quantitative estimate of drug-likeness (QED) is 0.894. The van der Waals surface area contributed by atoms with Crippen molar-refractivity contribution in [1.82, 2.24) is 15.2 Å². The van der Waals surface area contributed by atoms with E-state index >= 15 is 0 Å². The molecule has 2 aliphatic heterocycles. The number of pyridine rings is 1. The maximum Gasteiger partial charge on any atom is 0.127 e. The van der Waals surface area contributed by atoms with Crippen LogP contribution in [0.5, 0.6) is 5.75 Å². The highest BCUT2D eigenvalue weighted by Gasteiger charge is 2.49. The van der Waals surface area contributed by atoms with Gasteiger partial charge in [0.15, 0.2) is 0 Å². The average Bonchev–Trinajstić information content (AvgIpc) is 2.65. The van der Waals surface area contributed by atoms with Gasteiger partial charge in [-0.05, 0) is 24.5 Å². The number of hydrogen-bond acceptors (Lipinski definition) is 4. The Kier molecular flexibility index (Phi) is 5.46. The maximum absolute atomic E-state index is 6.38. The van der Waals surface area contributed by atoms with E-state index in [0.29, 0.717) is 11.5 Å². The molecule has 1 spiro atoms.